The van der Waals surface area contributed by atoms with Crippen molar-refractivity contribution in [2.45, 2.75) is 6.54 Å². The second-order valence-corrected chi connectivity index (χ2v) is 4.27. The van der Waals surface area contributed by atoms with Gasteiger partial charge in [-0.1, -0.05) is 17.7 Å². The molecule has 19 heavy (non-hydrogen) atoms. The minimum Gasteiger partial charge on any atom is -0.380 e. The lowest BCUT2D eigenvalue weighted by Crippen LogP contribution is -2.03. The first-order valence-corrected chi connectivity index (χ1v) is 5.86. The standard InChI is InChI=1S/C14H9ClF2N2/c15-12-5-4-10(16)6-9(12)8-19-14-3-1-2-13(17)11(14)7-18/h1-6,19H,8H2. The van der Waals surface area contributed by atoms with E-state index >= 15 is 0 Å². The SMILES string of the molecule is N#Cc1c(F)cccc1NCc1cc(F)ccc1Cl. The number of benzene rings is 2. The van der Waals surface area contributed by atoms with Crippen LogP contribution in [0.1, 0.15) is 11.1 Å². The van der Waals surface area contributed by atoms with Crippen LogP contribution in [-0.4, -0.2) is 0 Å². The van der Waals surface area contributed by atoms with Crippen molar-refractivity contribution in [3.63, 3.8) is 0 Å². The number of anilines is 1. The first kappa shape index (κ1) is 13.3. The zero-order valence-electron chi connectivity index (χ0n) is 9.75. The fraction of sp³-hybridized carbons (Fsp3) is 0.0714. The van der Waals surface area contributed by atoms with Gasteiger partial charge in [-0.25, -0.2) is 8.78 Å². The number of hydrogen-bond donors (Lipinski definition) is 1. The van der Waals surface area contributed by atoms with Gasteiger partial charge in [0.2, 0.25) is 0 Å². The first-order chi connectivity index (χ1) is 9.11. The van der Waals surface area contributed by atoms with E-state index in [4.69, 9.17) is 16.9 Å². The summed E-state index contributed by atoms with van der Waals surface area (Å²) in [6.45, 7) is 0.203. The van der Waals surface area contributed by atoms with E-state index in [0.717, 1.165) is 0 Å². The van der Waals surface area contributed by atoms with E-state index < -0.39 is 11.6 Å². The van der Waals surface area contributed by atoms with E-state index in [0.29, 0.717) is 16.3 Å². The molecule has 0 spiro atoms. The van der Waals surface area contributed by atoms with Gasteiger partial charge >= 0.3 is 0 Å². The molecule has 0 saturated carbocycles. The van der Waals surface area contributed by atoms with Crippen LogP contribution in [0.15, 0.2) is 36.4 Å². The van der Waals surface area contributed by atoms with Crippen molar-refractivity contribution >= 4 is 17.3 Å². The van der Waals surface area contributed by atoms with Crippen molar-refractivity contribution < 1.29 is 8.78 Å². The van der Waals surface area contributed by atoms with Crippen LogP contribution in [0.25, 0.3) is 0 Å². The van der Waals surface area contributed by atoms with E-state index in [1.807, 2.05) is 0 Å². The number of halogens is 3. The molecule has 1 N–H and O–H groups in total. The van der Waals surface area contributed by atoms with Gasteiger partial charge in [-0.15, -0.1) is 0 Å². The zero-order valence-corrected chi connectivity index (χ0v) is 10.5. The summed E-state index contributed by atoms with van der Waals surface area (Å²) < 4.78 is 26.5. The molecule has 0 atom stereocenters. The van der Waals surface area contributed by atoms with Crippen molar-refractivity contribution in [1.82, 2.24) is 0 Å². The number of nitrogens with zero attached hydrogens (tertiary/aromatic N) is 1. The second-order valence-electron chi connectivity index (χ2n) is 3.86. The van der Waals surface area contributed by atoms with Gasteiger partial charge in [-0.3, -0.25) is 0 Å². The number of nitriles is 1. The van der Waals surface area contributed by atoms with E-state index in [2.05, 4.69) is 5.32 Å². The Balaban J connectivity index is 2.22. The molecule has 0 bridgehead atoms. The topological polar surface area (TPSA) is 35.8 Å². The summed E-state index contributed by atoms with van der Waals surface area (Å²) in [5.74, 6) is -1.00. The predicted molar refractivity (Wildman–Crippen MR) is 69.9 cm³/mol. The van der Waals surface area contributed by atoms with Crippen LogP contribution >= 0.6 is 11.6 Å². The average molecular weight is 279 g/mol. The molecule has 0 amide bonds. The summed E-state index contributed by atoms with van der Waals surface area (Å²) >= 11 is 5.92. The molecule has 2 aromatic carbocycles. The van der Waals surface area contributed by atoms with Gasteiger partial charge in [0.1, 0.15) is 23.3 Å². The molecule has 0 saturated heterocycles. The molecule has 0 heterocycles. The Morgan fingerprint density at radius 2 is 2.00 bits per heavy atom. The fourth-order valence-electron chi connectivity index (χ4n) is 1.65. The van der Waals surface area contributed by atoms with Crippen molar-refractivity contribution in [2.75, 3.05) is 5.32 Å². The highest BCUT2D eigenvalue weighted by Gasteiger charge is 2.08. The Morgan fingerprint density at radius 3 is 2.74 bits per heavy atom. The van der Waals surface area contributed by atoms with Crippen LogP contribution in [0.2, 0.25) is 5.02 Å². The average Bonchev–Trinajstić information content (AvgIpc) is 2.40. The summed E-state index contributed by atoms with van der Waals surface area (Å²) in [6, 6.07) is 10.1. The second kappa shape index (κ2) is 5.68. The normalized spacial score (nSPS) is 10.0. The lowest BCUT2D eigenvalue weighted by Gasteiger charge is -2.10. The maximum atomic E-state index is 13.4. The van der Waals surface area contributed by atoms with E-state index in [9.17, 15) is 8.78 Å². The summed E-state index contributed by atoms with van der Waals surface area (Å²) in [6.07, 6.45) is 0. The van der Waals surface area contributed by atoms with Crippen LogP contribution in [0.3, 0.4) is 0 Å². The maximum absolute atomic E-state index is 13.4. The van der Waals surface area contributed by atoms with Gasteiger partial charge < -0.3 is 5.32 Å². The van der Waals surface area contributed by atoms with Crippen LogP contribution in [-0.2, 0) is 6.54 Å². The molecular weight excluding hydrogens is 270 g/mol. The van der Waals surface area contributed by atoms with Crippen molar-refractivity contribution in [3.8, 4) is 6.07 Å². The van der Waals surface area contributed by atoms with E-state index in [-0.39, 0.29) is 12.1 Å². The summed E-state index contributed by atoms with van der Waals surface area (Å²) in [5, 5.41) is 12.2. The Morgan fingerprint density at radius 1 is 1.21 bits per heavy atom. The molecule has 2 nitrogen and oxygen atoms in total. The van der Waals surface area contributed by atoms with Crippen molar-refractivity contribution in [3.05, 3.63) is 64.2 Å². The Bertz CT molecular complexity index is 650. The lowest BCUT2D eigenvalue weighted by molar-refractivity contribution is 0.623. The minimum absolute atomic E-state index is 0.0741. The molecule has 0 aromatic heterocycles. The number of nitrogens with one attached hydrogen (secondary N) is 1. The molecule has 0 unspecified atom stereocenters. The molecule has 0 aliphatic carbocycles. The van der Waals surface area contributed by atoms with Gasteiger partial charge in [0, 0.05) is 11.6 Å². The highest BCUT2D eigenvalue weighted by molar-refractivity contribution is 6.31. The van der Waals surface area contributed by atoms with Gasteiger partial charge in [0.05, 0.1) is 5.69 Å². The Kier molecular flexibility index (Phi) is 3.98. The molecule has 0 aliphatic heterocycles. The van der Waals surface area contributed by atoms with Crippen LogP contribution in [0.4, 0.5) is 14.5 Å². The zero-order chi connectivity index (χ0) is 13.8. The molecule has 5 heteroatoms. The van der Waals surface area contributed by atoms with Gasteiger partial charge in [0.15, 0.2) is 0 Å². The maximum Gasteiger partial charge on any atom is 0.143 e. The van der Waals surface area contributed by atoms with Gasteiger partial charge in [0.25, 0.3) is 0 Å². The monoisotopic (exact) mass is 278 g/mol. The van der Waals surface area contributed by atoms with Crippen LogP contribution in [0.5, 0.6) is 0 Å². The number of rotatable bonds is 3. The van der Waals surface area contributed by atoms with Gasteiger partial charge in [-0.05, 0) is 35.9 Å². The largest absolute Gasteiger partial charge is 0.380 e. The molecule has 2 rings (SSSR count). The summed E-state index contributed by atoms with van der Waals surface area (Å²) in [7, 11) is 0. The number of hydrogen-bond acceptors (Lipinski definition) is 2. The van der Waals surface area contributed by atoms with Gasteiger partial charge in [-0.2, -0.15) is 5.26 Å². The summed E-state index contributed by atoms with van der Waals surface area (Å²) in [5.41, 5.74) is 0.813. The predicted octanol–water partition coefficient (Wildman–Crippen LogP) is 4.10. The quantitative estimate of drug-likeness (QED) is 0.917. The first-order valence-electron chi connectivity index (χ1n) is 5.48. The Labute approximate surface area is 114 Å². The minimum atomic E-state index is -0.599. The third kappa shape index (κ3) is 3.01. The van der Waals surface area contributed by atoms with Crippen LogP contribution in [0, 0.1) is 23.0 Å². The molecule has 96 valence electrons. The highest BCUT2D eigenvalue weighted by atomic mass is 35.5. The highest BCUT2D eigenvalue weighted by Crippen LogP contribution is 2.21. The van der Waals surface area contributed by atoms with Crippen molar-refractivity contribution in [1.29, 1.82) is 5.26 Å². The lowest BCUT2D eigenvalue weighted by atomic mass is 10.1. The molecule has 0 fully saturated rings. The van der Waals surface area contributed by atoms with E-state index in [1.54, 1.807) is 12.1 Å². The van der Waals surface area contributed by atoms with Crippen LogP contribution < -0.4 is 5.32 Å². The third-order valence-electron chi connectivity index (χ3n) is 2.60. The summed E-state index contributed by atoms with van der Waals surface area (Å²) in [4.78, 5) is 0. The van der Waals surface area contributed by atoms with Crippen molar-refractivity contribution in [2.24, 2.45) is 0 Å². The fourth-order valence-corrected chi connectivity index (χ4v) is 1.84. The molecule has 0 radical (unpaired) electrons. The molecular formula is C14H9ClF2N2. The molecule has 0 aliphatic rings. The smallest absolute Gasteiger partial charge is 0.143 e. The van der Waals surface area contributed by atoms with E-state index in [1.165, 1.54) is 30.3 Å². The third-order valence-corrected chi connectivity index (χ3v) is 2.97. The molecule has 2 aromatic rings. The Hall–Kier alpha value is -2.12.